The van der Waals surface area contributed by atoms with Crippen LogP contribution in [0.15, 0.2) is 18.2 Å². The van der Waals surface area contributed by atoms with E-state index in [0.717, 1.165) is 25.1 Å². The SMILES string of the molecule is CCc1ccc(OC)c(CCNCOC)c1. The van der Waals surface area contributed by atoms with Gasteiger partial charge in [-0.25, -0.2) is 0 Å². The van der Waals surface area contributed by atoms with Crippen molar-refractivity contribution in [3.05, 3.63) is 29.3 Å². The lowest BCUT2D eigenvalue weighted by molar-refractivity contribution is 0.176. The first-order valence-electron chi connectivity index (χ1n) is 5.67. The van der Waals surface area contributed by atoms with Crippen molar-refractivity contribution in [1.29, 1.82) is 0 Å². The molecule has 0 heterocycles. The van der Waals surface area contributed by atoms with E-state index in [9.17, 15) is 0 Å². The van der Waals surface area contributed by atoms with Crippen molar-refractivity contribution in [2.24, 2.45) is 0 Å². The predicted molar refractivity (Wildman–Crippen MR) is 66.0 cm³/mol. The highest BCUT2D eigenvalue weighted by atomic mass is 16.5. The molecule has 0 unspecified atom stereocenters. The van der Waals surface area contributed by atoms with E-state index in [4.69, 9.17) is 9.47 Å². The Balaban J connectivity index is 2.60. The smallest absolute Gasteiger partial charge is 0.122 e. The van der Waals surface area contributed by atoms with Crippen LogP contribution in [-0.4, -0.2) is 27.5 Å². The minimum absolute atomic E-state index is 0.593. The first kappa shape index (κ1) is 13.0. The second-order valence-corrected chi connectivity index (χ2v) is 3.68. The fourth-order valence-corrected chi connectivity index (χ4v) is 1.64. The Morgan fingerprint density at radius 2 is 2.06 bits per heavy atom. The number of benzene rings is 1. The Kier molecular flexibility index (Phi) is 5.90. The largest absolute Gasteiger partial charge is 0.496 e. The average Bonchev–Trinajstić information content (AvgIpc) is 2.34. The average molecular weight is 223 g/mol. The maximum absolute atomic E-state index is 5.34. The molecule has 0 amide bonds. The molecule has 0 aromatic heterocycles. The molecule has 0 aliphatic rings. The molecule has 1 aromatic rings. The maximum atomic E-state index is 5.34. The van der Waals surface area contributed by atoms with E-state index < -0.39 is 0 Å². The van der Waals surface area contributed by atoms with Crippen molar-refractivity contribution in [3.63, 3.8) is 0 Å². The summed E-state index contributed by atoms with van der Waals surface area (Å²) in [5.74, 6) is 0.969. The minimum atomic E-state index is 0.593. The van der Waals surface area contributed by atoms with Crippen molar-refractivity contribution in [1.82, 2.24) is 5.32 Å². The monoisotopic (exact) mass is 223 g/mol. The number of hydrogen-bond donors (Lipinski definition) is 1. The topological polar surface area (TPSA) is 30.5 Å². The van der Waals surface area contributed by atoms with Gasteiger partial charge in [-0.2, -0.15) is 0 Å². The molecule has 0 fully saturated rings. The molecule has 0 saturated heterocycles. The molecular weight excluding hydrogens is 202 g/mol. The molecule has 3 heteroatoms. The summed E-state index contributed by atoms with van der Waals surface area (Å²) in [6, 6.07) is 6.38. The number of ether oxygens (including phenoxy) is 2. The molecule has 1 aromatic carbocycles. The molecule has 1 rings (SSSR count). The van der Waals surface area contributed by atoms with Gasteiger partial charge in [0.1, 0.15) is 5.75 Å². The van der Waals surface area contributed by atoms with Gasteiger partial charge in [0, 0.05) is 13.7 Å². The van der Waals surface area contributed by atoms with Gasteiger partial charge in [0.05, 0.1) is 13.8 Å². The van der Waals surface area contributed by atoms with Crippen molar-refractivity contribution in [2.45, 2.75) is 19.8 Å². The van der Waals surface area contributed by atoms with E-state index in [2.05, 4.69) is 24.4 Å². The fourth-order valence-electron chi connectivity index (χ4n) is 1.64. The standard InChI is InChI=1S/C13H21NO2/c1-4-11-5-6-13(16-3)12(9-11)7-8-14-10-15-2/h5-6,9,14H,4,7-8,10H2,1-3H3. The quantitative estimate of drug-likeness (QED) is 0.566. The summed E-state index contributed by atoms with van der Waals surface area (Å²) < 4.78 is 10.3. The molecular formula is C13H21NO2. The summed E-state index contributed by atoms with van der Waals surface area (Å²) in [5.41, 5.74) is 2.60. The molecule has 0 bridgehead atoms. The zero-order chi connectivity index (χ0) is 11.8. The third-order valence-electron chi connectivity index (χ3n) is 2.57. The van der Waals surface area contributed by atoms with E-state index in [1.807, 2.05) is 6.07 Å². The second kappa shape index (κ2) is 7.25. The summed E-state index contributed by atoms with van der Waals surface area (Å²) in [5, 5.41) is 3.19. The Hall–Kier alpha value is -1.06. The summed E-state index contributed by atoms with van der Waals surface area (Å²) in [6.45, 7) is 3.65. The van der Waals surface area contributed by atoms with Gasteiger partial charge < -0.3 is 9.47 Å². The third kappa shape index (κ3) is 3.83. The number of aryl methyl sites for hydroxylation is 1. The first-order chi connectivity index (χ1) is 7.81. The van der Waals surface area contributed by atoms with Crippen LogP contribution in [0, 0.1) is 0 Å². The highest BCUT2D eigenvalue weighted by Gasteiger charge is 2.03. The number of rotatable bonds is 7. The van der Waals surface area contributed by atoms with Gasteiger partial charge in [0.15, 0.2) is 0 Å². The van der Waals surface area contributed by atoms with Crippen LogP contribution in [0.1, 0.15) is 18.1 Å². The summed E-state index contributed by atoms with van der Waals surface area (Å²) >= 11 is 0. The zero-order valence-electron chi connectivity index (χ0n) is 10.4. The fraction of sp³-hybridized carbons (Fsp3) is 0.538. The van der Waals surface area contributed by atoms with E-state index in [1.165, 1.54) is 11.1 Å². The second-order valence-electron chi connectivity index (χ2n) is 3.68. The minimum Gasteiger partial charge on any atom is -0.496 e. The molecule has 0 aliphatic carbocycles. The van der Waals surface area contributed by atoms with Crippen LogP contribution in [0.25, 0.3) is 0 Å². The van der Waals surface area contributed by atoms with E-state index in [-0.39, 0.29) is 0 Å². The Labute approximate surface area is 97.8 Å². The lowest BCUT2D eigenvalue weighted by atomic mass is 10.1. The van der Waals surface area contributed by atoms with Crippen LogP contribution in [0.2, 0.25) is 0 Å². The van der Waals surface area contributed by atoms with Crippen LogP contribution in [0.5, 0.6) is 5.75 Å². The van der Waals surface area contributed by atoms with Crippen LogP contribution in [0.3, 0.4) is 0 Å². The number of nitrogens with one attached hydrogen (secondary N) is 1. The third-order valence-corrected chi connectivity index (χ3v) is 2.57. The van der Waals surface area contributed by atoms with Crippen molar-refractivity contribution < 1.29 is 9.47 Å². The lowest BCUT2D eigenvalue weighted by Gasteiger charge is -2.10. The molecule has 0 atom stereocenters. The van der Waals surface area contributed by atoms with E-state index in [1.54, 1.807) is 14.2 Å². The molecule has 1 N–H and O–H groups in total. The Bertz CT molecular complexity index is 313. The molecule has 16 heavy (non-hydrogen) atoms. The van der Waals surface area contributed by atoms with Gasteiger partial charge >= 0.3 is 0 Å². The van der Waals surface area contributed by atoms with Crippen LogP contribution < -0.4 is 10.1 Å². The first-order valence-corrected chi connectivity index (χ1v) is 5.67. The predicted octanol–water partition coefficient (Wildman–Crippen LogP) is 1.99. The molecule has 0 radical (unpaired) electrons. The normalized spacial score (nSPS) is 10.4. The molecule has 0 saturated carbocycles. The highest BCUT2D eigenvalue weighted by molar-refractivity contribution is 5.37. The Morgan fingerprint density at radius 1 is 1.25 bits per heavy atom. The molecule has 0 spiro atoms. The van der Waals surface area contributed by atoms with Gasteiger partial charge in [-0.05, 0) is 30.0 Å². The zero-order valence-corrected chi connectivity index (χ0v) is 10.4. The van der Waals surface area contributed by atoms with Crippen molar-refractivity contribution in [3.8, 4) is 5.75 Å². The molecule has 90 valence electrons. The summed E-state index contributed by atoms with van der Waals surface area (Å²) in [7, 11) is 3.40. The number of methoxy groups -OCH3 is 2. The van der Waals surface area contributed by atoms with E-state index in [0.29, 0.717) is 6.73 Å². The van der Waals surface area contributed by atoms with Crippen LogP contribution in [-0.2, 0) is 17.6 Å². The summed E-state index contributed by atoms with van der Waals surface area (Å²) in [4.78, 5) is 0. The van der Waals surface area contributed by atoms with Gasteiger partial charge in [0.25, 0.3) is 0 Å². The molecule has 3 nitrogen and oxygen atoms in total. The Morgan fingerprint density at radius 3 is 2.69 bits per heavy atom. The summed E-state index contributed by atoms with van der Waals surface area (Å²) in [6.07, 6.45) is 2.02. The van der Waals surface area contributed by atoms with Crippen LogP contribution >= 0.6 is 0 Å². The molecule has 0 aliphatic heterocycles. The van der Waals surface area contributed by atoms with Gasteiger partial charge in [-0.3, -0.25) is 5.32 Å². The van der Waals surface area contributed by atoms with Gasteiger partial charge in [0.2, 0.25) is 0 Å². The van der Waals surface area contributed by atoms with Gasteiger partial charge in [-0.15, -0.1) is 0 Å². The highest BCUT2D eigenvalue weighted by Crippen LogP contribution is 2.20. The van der Waals surface area contributed by atoms with E-state index >= 15 is 0 Å². The maximum Gasteiger partial charge on any atom is 0.122 e. The van der Waals surface area contributed by atoms with Gasteiger partial charge in [-0.1, -0.05) is 19.1 Å². The van der Waals surface area contributed by atoms with Crippen molar-refractivity contribution in [2.75, 3.05) is 27.5 Å². The van der Waals surface area contributed by atoms with Crippen molar-refractivity contribution >= 4 is 0 Å². The number of hydrogen-bond acceptors (Lipinski definition) is 3. The lowest BCUT2D eigenvalue weighted by Crippen LogP contribution is -2.19. The van der Waals surface area contributed by atoms with Crippen LogP contribution in [0.4, 0.5) is 0 Å².